The van der Waals surface area contributed by atoms with E-state index in [4.69, 9.17) is 0 Å². The number of piperidine rings is 1. The highest BCUT2D eigenvalue weighted by Gasteiger charge is 2.30. The van der Waals surface area contributed by atoms with Crippen LogP contribution in [0.5, 0.6) is 0 Å². The zero-order valence-electron chi connectivity index (χ0n) is 14.2. The molecule has 1 N–H and O–H groups in total. The van der Waals surface area contributed by atoms with E-state index in [1.807, 2.05) is 6.92 Å². The summed E-state index contributed by atoms with van der Waals surface area (Å²) in [5.74, 6) is 0.510. The van der Waals surface area contributed by atoms with Crippen LogP contribution in [-0.2, 0) is 10.0 Å². The van der Waals surface area contributed by atoms with Crippen molar-refractivity contribution in [2.75, 3.05) is 25.0 Å². The summed E-state index contributed by atoms with van der Waals surface area (Å²) in [6.07, 6.45) is 3.50. The van der Waals surface area contributed by atoms with Crippen molar-refractivity contribution in [3.63, 3.8) is 0 Å². The van der Waals surface area contributed by atoms with E-state index >= 15 is 0 Å². The van der Waals surface area contributed by atoms with Crippen molar-refractivity contribution < 1.29 is 13.3 Å². The first kappa shape index (κ1) is 18.7. The van der Waals surface area contributed by atoms with Crippen molar-refractivity contribution in [3.8, 4) is 0 Å². The predicted molar refractivity (Wildman–Crippen MR) is 93.7 cm³/mol. The molecule has 1 aromatic carbocycles. The Balaban J connectivity index is 2.26. The molecule has 1 heterocycles. The lowest BCUT2D eigenvalue weighted by Crippen LogP contribution is -2.37. The van der Waals surface area contributed by atoms with E-state index in [9.17, 15) is 18.5 Å². The average Bonchev–Trinajstić information content (AvgIpc) is 2.55. The highest BCUT2D eigenvalue weighted by molar-refractivity contribution is 7.89. The lowest BCUT2D eigenvalue weighted by Gasteiger charge is -2.29. The third-order valence-corrected chi connectivity index (χ3v) is 6.29. The number of sulfonamides is 1. The van der Waals surface area contributed by atoms with Gasteiger partial charge in [-0.05, 0) is 37.3 Å². The first-order valence-electron chi connectivity index (χ1n) is 8.38. The summed E-state index contributed by atoms with van der Waals surface area (Å²) >= 11 is 0. The first-order chi connectivity index (χ1) is 11.4. The quantitative estimate of drug-likeness (QED) is 0.460. The number of hydrogen-bond donors (Lipinski definition) is 1. The van der Waals surface area contributed by atoms with Crippen LogP contribution in [0, 0.1) is 16.0 Å². The lowest BCUT2D eigenvalue weighted by atomic mass is 10.0. The molecule has 0 amide bonds. The second-order valence-corrected chi connectivity index (χ2v) is 8.24. The summed E-state index contributed by atoms with van der Waals surface area (Å²) in [5, 5.41) is 14.3. The first-order valence-corrected chi connectivity index (χ1v) is 9.82. The molecule has 7 nitrogen and oxygen atoms in total. The maximum absolute atomic E-state index is 12.7. The maximum atomic E-state index is 12.7. The van der Waals surface area contributed by atoms with Crippen molar-refractivity contribution in [1.82, 2.24) is 4.31 Å². The monoisotopic (exact) mass is 355 g/mol. The van der Waals surface area contributed by atoms with Crippen molar-refractivity contribution in [3.05, 3.63) is 28.3 Å². The highest BCUT2D eigenvalue weighted by Crippen LogP contribution is 2.30. The van der Waals surface area contributed by atoms with Crippen LogP contribution >= 0.6 is 0 Å². The Hall–Kier alpha value is -1.67. The van der Waals surface area contributed by atoms with Crippen molar-refractivity contribution >= 4 is 21.4 Å². The smallest absolute Gasteiger partial charge is 0.293 e. The summed E-state index contributed by atoms with van der Waals surface area (Å²) in [4.78, 5) is 10.8. The third kappa shape index (κ3) is 4.24. The molecule has 1 aromatic rings. The maximum Gasteiger partial charge on any atom is 0.293 e. The Labute approximate surface area is 143 Å². The van der Waals surface area contributed by atoms with E-state index in [1.54, 1.807) is 0 Å². The molecule has 0 bridgehead atoms. The fraction of sp³-hybridized carbons (Fsp3) is 0.625. The molecule has 0 saturated carbocycles. The van der Waals surface area contributed by atoms with E-state index in [-0.39, 0.29) is 10.6 Å². The summed E-state index contributed by atoms with van der Waals surface area (Å²) < 4.78 is 26.9. The minimum Gasteiger partial charge on any atom is -0.379 e. The van der Waals surface area contributed by atoms with Gasteiger partial charge in [-0.2, -0.15) is 4.31 Å². The van der Waals surface area contributed by atoms with Gasteiger partial charge in [0, 0.05) is 25.7 Å². The molecule has 1 fully saturated rings. The van der Waals surface area contributed by atoms with Gasteiger partial charge in [0.05, 0.1) is 9.82 Å². The molecule has 0 radical (unpaired) electrons. The minimum atomic E-state index is -3.68. The van der Waals surface area contributed by atoms with Crippen molar-refractivity contribution in [1.29, 1.82) is 0 Å². The summed E-state index contributed by atoms with van der Waals surface area (Å²) in [6, 6.07) is 4.11. The van der Waals surface area contributed by atoms with E-state index in [2.05, 4.69) is 12.2 Å². The summed E-state index contributed by atoms with van der Waals surface area (Å²) in [5.41, 5.74) is 0.164. The number of benzene rings is 1. The number of unbranched alkanes of at least 4 members (excludes halogenated alkanes) is 1. The van der Waals surface area contributed by atoms with Crippen LogP contribution in [0.1, 0.15) is 39.5 Å². The fourth-order valence-corrected chi connectivity index (χ4v) is 4.24. The topological polar surface area (TPSA) is 92.6 Å². The van der Waals surface area contributed by atoms with E-state index in [1.165, 1.54) is 22.5 Å². The Morgan fingerprint density at radius 2 is 2.00 bits per heavy atom. The molecule has 8 heteroatoms. The number of nitrogens with zero attached hydrogens (tertiary/aromatic N) is 2. The van der Waals surface area contributed by atoms with Crippen LogP contribution in [0.4, 0.5) is 11.4 Å². The van der Waals surface area contributed by atoms with E-state index in [0.29, 0.717) is 31.2 Å². The van der Waals surface area contributed by atoms with E-state index in [0.717, 1.165) is 25.7 Å². The Morgan fingerprint density at radius 1 is 1.33 bits per heavy atom. The SMILES string of the molecule is CCCCNc1ccc(S(=O)(=O)N2CCC(C)CC2)cc1[N+](=O)[O-]. The number of nitro benzene ring substituents is 1. The van der Waals surface area contributed by atoms with Gasteiger partial charge in [-0.3, -0.25) is 10.1 Å². The van der Waals surface area contributed by atoms with Gasteiger partial charge in [0.25, 0.3) is 5.69 Å². The largest absolute Gasteiger partial charge is 0.379 e. The molecule has 1 aliphatic heterocycles. The zero-order chi connectivity index (χ0) is 17.7. The van der Waals surface area contributed by atoms with Crippen LogP contribution in [0.15, 0.2) is 23.1 Å². The average molecular weight is 355 g/mol. The van der Waals surface area contributed by atoms with Gasteiger partial charge in [-0.1, -0.05) is 20.3 Å². The molecule has 134 valence electrons. The lowest BCUT2D eigenvalue weighted by molar-refractivity contribution is -0.384. The molecule has 1 aliphatic rings. The van der Waals surface area contributed by atoms with E-state index < -0.39 is 14.9 Å². The van der Waals surface area contributed by atoms with Crippen LogP contribution in [-0.4, -0.2) is 37.3 Å². The predicted octanol–water partition coefficient (Wildman–Crippen LogP) is 3.23. The molecular weight excluding hydrogens is 330 g/mol. The number of hydrogen-bond acceptors (Lipinski definition) is 5. The van der Waals surface area contributed by atoms with Gasteiger partial charge in [-0.15, -0.1) is 0 Å². The molecule has 0 aliphatic carbocycles. The molecule has 24 heavy (non-hydrogen) atoms. The molecule has 2 rings (SSSR count). The Bertz CT molecular complexity index is 683. The Kier molecular flexibility index (Phi) is 6.17. The van der Waals surface area contributed by atoms with Gasteiger partial charge in [0.15, 0.2) is 0 Å². The molecule has 1 saturated heterocycles. The number of nitro groups is 1. The summed E-state index contributed by atoms with van der Waals surface area (Å²) in [7, 11) is -3.68. The number of rotatable bonds is 7. The zero-order valence-corrected chi connectivity index (χ0v) is 15.0. The normalized spacial score (nSPS) is 16.9. The van der Waals surface area contributed by atoms with Crippen molar-refractivity contribution in [2.24, 2.45) is 5.92 Å². The summed E-state index contributed by atoms with van der Waals surface area (Å²) in [6.45, 7) is 5.69. The van der Waals surface area contributed by atoms with Gasteiger partial charge < -0.3 is 5.32 Å². The fourth-order valence-electron chi connectivity index (χ4n) is 2.75. The van der Waals surface area contributed by atoms with Crippen LogP contribution in [0.25, 0.3) is 0 Å². The molecule has 0 spiro atoms. The standard InChI is InChI=1S/C16H25N3O4S/c1-3-4-9-17-15-6-5-14(12-16(15)19(20)21)24(22,23)18-10-7-13(2)8-11-18/h5-6,12-13,17H,3-4,7-11H2,1-2H3. The van der Waals surface area contributed by atoms with Gasteiger partial charge >= 0.3 is 0 Å². The van der Waals surface area contributed by atoms with Gasteiger partial charge in [0.1, 0.15) is 5.69 Å². The molecule has 0 unspecified atom stereocenters. The molecule has 0 atom stereocenters. The molecular formula is C16H25N3O4S. The van der Waals surface area contributed by atoms with Crippen LogP contribution < -0.4 is 5.32 Å². The number of nitrogens with one attached hydrogen (secondary N) is 1. The Morgan fingerprint density at radius 3 is 2.58 bits per heavy atom. The second kappa shape index (κ2) is 7.94. The minimum absolute atomic E-state index is 0.00945. The van der Waals surface area contributed by atoms with Gasteiger partial charge in [-0.25, -0.2) is 8.42 Å². The second-order valence-electron chi connectivity index (χ2n) is 6.30. The molecule has 0 aromatic heterocycles. The highest BCUT2D eigenvalue weighted by atomic mass is 32.2. The van der Waals surface area contributed by atoms with Gasteiger partial charge in [0.2, 0.25) is 10.0 Å². The van der Waals surface area contributed by atoms with Crippen LogP contribution in [0.2, 0.25) is 0 Å². The third-order valence-electron chi connectivity index (χ3n) is 4.39. The van der Waals surface area contributed by atoms with Crippen LogP contribution in [0.3, 0.4) is 0 Å². The van der Waals surface area contributed by atoms with Crippen molar-refractivity contribution in [2.45, 2.75) is 44.4 Å². The number of anilines is 1.